The highest BCUT2D eigenvalue weighted by Gasteiger charge is 2.48. The van der Waals surface area contributed by atoms with Crippen molar-refractivity contribution >= 4 is 5.78 Å². The second-order valence-corrected chi connectivity index (χ2v) is 12.3. The van der Waals surface area contributed by atoms with Crippen LogP contribution in [-0.4, -0.2) is 54.3 Å². The molecule has 0 N–H and O–H groups in total. The Hall–Kier alpha value is -0.670. The quantitative estimate of drug-likeness (QED) is 0.384. The average Bonchev–Trinajstić information content (AvgIpc) is 2.82. The van der Waals surface area contributed by atoms with Crippen LogP contribution in [0.4, 0.5) is 0 Å². The summed E-state index contributed by atoms with van der Waals surface area (Å²) in [4.78, 5) is 18.9. The van der Waals surface area contributed by atoms with E-state index >= 15 is 0 Å². The summed E-state index contributed by atoms with van der Waals surface area (Å²) in [6.07, 6.45) is 25.4. The molecule has 6 bridgehead atoms. The van der Waals surface area contributed by atoms with Crippen LogP contribution in [0.5, 0.6) is 0 Å². The van der Waals surface area contributed by atoms with Crippen molar-refractivity contribution in [3.05, 3.63) is 11.6 Å². The van der Waals surface area contributed by atoms with Crippen LogP contribution in [0.1, 0.15) is 109 Å². The number of fused-ring (bicyclic) bond motifs is 1. The van der Waals surface area contributed by atoms with E-state index in [9.17, 15) is 4.79 Å². The van der Waals surface area contributed by atoms with Gasteiger partial charge < -0.3 is 0 Å². The minimum absolute atomic E-state index is 0.330. The molecule has 0 aromatic rings. The van der Waals surface area contributed by atoms with Crippen molar-refractivity contribution in [3.63, 3.8) is 0 Å². The van der Waals surface area contributed by atoms with E-state index in [0.29, 0.717) is 17.7 Å². The summed E-state index contributed by atoms with van der Waals surface area (Å²) >= 11 is 0. The second-order valence-electron chi connectivity index (χ2n) is 12.3. The molecule has 2 unspecified atom stereocenters. The summed E-state index contributed by atoms with van der Waals surface area (Å²) in [6, 6.07) is 0.549. The highest BCUT2D eigenvalue weighted by Crippen LogP contribution is 2.45. The lowest BCUT2D eigenvalue weighted by molar-refractivity contribution is -0.135. The normalized spacial score (nSPS) is 40.0. The molecule has 186 valence electrons. The lowest BCUT2D eigenvalue weighted by atomic mass is 9.64. The predicted molar refractivity (Wildman–Crippen MR) is 137 cm³/mol. The van der Waals surface area contributed by atoms with Gasteiger partial charge in [-0.1, -0.05) is 75.9 Å². The summed E-state index contributed by atoms with van der Waals surface area (Å²) in [5, 5.41) is 0. The number of carbonyl (C=O) groups excluding carboxylic acids is 1. The third kappa shape index (κ3) is 5.95. The molecule has 5 rings (SSSR count). The zero-order valence-electron chi connectivity index (χ0n) is 21.3. The van der Waals surface area contributed by atoms with Gasteiger partial charge in [0.1, 0.15) is 5.78 Å². The molecule has 33 heavy (non-hydrogen) atoms. The lowest BCUT2D eigenvalue weighted by Crippen LogP contribution is -2.59. The average molecular weight is 455 g/mol. The second kappa shape index (κ2) is 11.8. The predicted octanol–water partition coefficient (Wildman–Crippen LogP) is 6.62. The number of hydrogen-bond donors (Lipinski definition) is 0. The highest BCUT2D eigenvalue weighted by molar-refractivity contribution is 5.82. The summed E-state index contributed by atoms with van der Waals surface area (Å²) in [5.41, 5.74) is 1.76. The number of piperidine rings is 2. The Labute approximate surface area is 203 Å². The number of ketones is 1. The van der Waals surface area contributed by atoms with Crippen LogP contribution in [0.3, 0.4) is 0 Å². The van der Waals surface area contributed by atoms with Gasteiger partial charge in [0.15, 0.2) is 0 Å². The number of carbonyl (C=O) groups is 1. The third-order valence-electron chi connectivity index (χ3n) is 10.1. The molecular weight excluding hydrogens is 404 g/mol. The minimum Gasteiger partial charge on any atom is -0.299 e. The van der Waals surface area contributed by atoms with Crippen LogP contribution in [0, 0.1) is 23.7 Å². The molecule has 3 heteroatoms. The molecule has 3 fully saturated rings. The molecule has 0 saturated carbocycles. The van der Waals surface area contributed by atoms with E-state index in [4.69, 9.17) is 0 Å². The van der Waals surface area contributed by atoms with Crippen molar-refractivity contribution in [2.45, 2.75) is 115 Å². The van der Waals surface area contributed by atoms with Crippen molar-refractivity contribution < 1.29 is 4.79 Å². The fourth-order valence-corrected chi connectivity index (χ4v) is 8.39. The molecule has 0 aromatic heterocycles. The first-order valence-corrected chi connectivity index (χ1v) is 15.0. The molecule has 3 saturated heterocycles. The van der Waals surface area contributed by atoms with Crippen molar-refractivity contribution in [1.29, 1.82) is 0 Å². The molecule has 0 amide bonds. The first-order chi connectivity index (χ1) is 16.3. The number of nitrogens with zero attached hydrogens (tertiary/aromatic N) is 2. The van der Waals surface area contributed by atoms with Crippen LogP contribution in [0.25, 0.3) is 0 Å². The summed E-state index contributed by atoms with van der Waals surface area (Å²) in [7, 11) is 0. The molecule has 0 spiro atoms. The van der Waals surface area contributed by atoms with Crippen LogP contribution in [0.2, 0.25) is 0 Å². The Balaban J connectivity index is 1.47. The van der Waals surface area contributed by atoms with E-state index in [-0.39, 0.29) is 0 Å². The van der Waals surface area contributed by atoms with Crippen LogP contribution in [0.15, 0.2) is 11.6 Å². The molecule has 6 atom stereocenters. The summed E-state index contributed by atoms with van der Waals surface area (Å²) in [6.45, 7) is 6.12. The van der Waals surface area contributed by atoms with Gasteiger partial charge in [0.25, 0.3) is 0 Å². The van der Waals surface area contributed by atoms with Crippen molar-refractivity contribution in [1.82, 2.24) is 9.80 Å². The first-order valence-electron chi connectivity index (χ1n) is 15.0. The SMILES string of the molecule is O=C1CCN2CC[C@@H]3C4C=C5CCCCCCC[C@H]1[C@@H]2[C@@H]3CCCCCCCCCN(C5)C4. The van der Waals surface area contributed by atoms with E-state index < -0.39 is 0 Å². The van der Waals surface area contributed by atoms with Crippen LogP contribution in [-0.2, 0) is 4.79 Å². The molecule has 0 radical (unpaired) electrons. The van der Waals surface area contributed by atoms with Gasteiger partial charge in [0.05, 0.1) is 0 Å². The molecule has 0 aromatic carbocycles. The van der Waals surface area contributed by atoms with Gasteiger partial charge >= 0.3 is 0 Å². The monoisotopic (exact) mass is 454 g/mol. The maximum Gasteiger partial charge on any atom is 0.138 e. The number of rotatable bonds is 0. The topological polar surface area (TPSA) is 23.6 Å². The fourth-order valence-electron chi connectivity index (χ4n) is 8.39. The minimum atomic E-state index is 0.330. The largest absolute Gasteiger partial charge is 0.299 e. The van der Waals surface area contributed by atoms with E-state index in [1.807, 2.05) is 0 Å². The molecule has 4 aliphatic heterocycles. The van der Waals surface area contributed by atoms with Crippen LogP contribution < -0.4 is 0 Å². The van der Waals surface area contributed by atoms with E-state index in [1.54, 1.807) is 5.57 Å². The van der Waals surface area contributed by atoms with Gasteiger partial charge in [0, 0.05) is 38.0 Å². The number of Topliss-reactive ketones (excluding diaryl/α,β-unsaturated/α-hetero) is 1. The first kappa shape index (κ1) is 24.0. The standard InChI is InChI=1S/C30H50N2O/c33-29-17-20-32-19-16-26-25-21-24-13-9-5-4-7-11-15-28(29)30(32)27(26)14-10-6-2-1-3-8-12-18-31(22-24)23-25/h21,25-28,30H,1-20,22-23H2/t25?,26-,27-,28-,30+/m1/s1. The van der Waals surface area contributed by atoms with E-state index in [0.717, 1.165) is 30.7 Å². The molecule has 1 aliphatic carbocycles. The van der Waals surface area contributed by atoms with Gasteiger partial charge in [-0.15, -0.1) is 0 Å². The Morgan fingerprint density at radius 1 is 0.667 bits per heavy atom. The Morgan fingerprint density at radius 3 is 2.24 bits per heavy atom. The van der Waals surface area contributed by atoms with Gasteiger partial charge in [-0.05, 0) is 69.4 Å². The maximum absolute atomic E-state index is 13.3. The highest BCUT2D eigenvalue weighted by atomic mass is 16.1. The van der Waals surface area contributed by atoms with Gasteiger partial charge in [-0.25, -0.2) is 0 Å². The summed E-state index contributed by atoms with van der Waals surface area (Å²) < 4.78 is 0. The Morgan fingerprint density at radius 2 is 1.39 bits per heavy atom. The Bertz CT molecular complexity index is 672. The zero-order chi connectivity index (χ0) is 22.5. The molecule has 3 nitrogen and oxygen atoms in total. The van der Waals surface area contributed by atoms with Gasteiger partial charge in [0.2, 0.25) is 0 Å². The molecule has 4 heterocycles. The van der Waals surface area contributed by atoms with Crippen LogP contribution >= 0.6 is 0 Å². The van der Waals surface area contributed by atoms with Crippen molar-refractivity contribution in [2.75, 3.05) is 32.7 Å². The van der Waals surface area contributed by atoms with Crippen molar-refractivity contribution in [3.8, 4) is 0 Å². The number of hydrogen-bond acceptors (Lipinski definition) is 3. The van der Waals surface area contributed by atoms with Gasteiger partial charge in [-0.3, -0.25) is 14.6 Å². The molecule has 5 aliphatic rings. The maximum atomic E-state index is 13.3. The molecular formula is C30H50N2O. The summed E-state index contributed by atoms with van der Waals surface area (Å²) in [5.74, 6) is 3.20. The van der Waals surface area contributed by atoms with Crippen molar-refractivity contribution in [2.24, 2.45) is 23.7 Å². The van der Waals surface area contributed by atoms with E-state index in [1.165, 1.54) is 129 Å². The smallest absolute Gasteiger partial charge is 0.138 e. The van der Waals surface area contributed by atoms with E-state index in [2.05, 4.69) is 15.9 Å². The lowest BCUT2D eigenvalue weighted by Gasteiger charge is -2.53. The Kier molecular flexibility index (Phi) is 8.63. The third-order valence-corrected chi connectivity index (χ3v) is 10.1. The van der Waals surface area contributed by atoms with Gasteiger partial charge in [-0.2, -0.15) is 0 Å². The fraction of sp³-hybridized carbons (Fsp3) is 0.900. The zero-order valence-corrected chi connectivity index (χ0v) is 21.3.